The molecular formula is C27H28N2O3S. The van der Waals surface area contributed by atoms with Gasteiger partial charge in [0.15, 0.2) is 0 Å². The zero-order valence-electron chi connectivity index (χ0n) is 18.6. The second kappa shape index (κ2) is 9.23. The molecule has 4 aliphatic rings. The Morgan fingerprint density at radius 1 is 1.00 bits per heavy atom. The molecule has 2 aromatic carbocycles. The summed E-state index contributed by atoms with van der Waals surface area (Å²) in [7, 11) is 0. The smallest absolute Gasteiger partial charge is 0.339 e. The van der Waals surface area contributed by atoms with E-state index in [2.05, 4.69) is 11.4 Å². The number of nitrogens with one attached hydrogen (secondary N) is 1. The Morgan fingerprint density at radius 2 is 1.64 bits per heavy atom. The zero-order valence-corrected chi connectivity index (χ0v) is 19.4. The molecule has 1 N–H and O–H groups in total. The Bertz CT molecular complexity index is 1070. The molecule has 4 aliphatic carbocycles. The molecule has 0 aromatic heterocycles. The van der Waals surface area contributed by atoms with Gasteiger partial charge in [-0.1, -0.05) is 30.3 Å². The Hall–Kier alpha value is -2.78. The van der Waals surface area contributed by atoms with Crippen molar-refractivity contribution < 1.29 is 14.3 Å². The van der Waals surface area contributed by atoms with Crippen LogP contribution in [0.3, 0.4) is 0 Å². The van der Waals surface area contributed by atoms with Crippen LogP contribution in [0, 0.1) is 29.1 Å². The first-order valence-corrected chi connectivity index (χ1v) is 12.7. The van der Waals surface area contributed by atoms with Gasteiger partial charge in [-0.3, -0.25) is 4.79 Å². The lowest BCUT2D eigenvalue weighted by Gasteiger charge is -2.56. The summed E-state index contributed by atoms with van der Waals surface area (Å²) in [5, 5.41) is 12.6. The van der Waals surface area contributed by atoms with Crippen molar-refractivity contribution in [2.75, 3.05) is 5.75 Å². The molecule has 1 amide bonds. The number of nitrogens with zero attached hydrogens (tertiary/aromatic N) is 1. The molecule has 0 heterocycles. The number of carbonyl (C=O) groups is 2. The maximum Gasteiger partial charge on any atom is 0.339 e. The zero-order chi connectivity index (χ0) is 22.8. The van der Waals surface area contributed by atoms with Gasteiger partial charge >= 0.3 is 5.97 Å². The molecular weight excluding hydrogens is 432 g/mol. The number of ether oxygens (including phenoxy) is 1. The Labute approximate surface area is 198 Å². The predicted molar refractivity (Wildman–Crippen MR) is 126 cm³/mol. The number of hydrogen-bond acceptors (Lipinski definition) is 5. The minimum Gasteiger partial charge on any atom is -0.457 e. The van der Waals surface area contributed by atoms with Gasteiger partial charge in [0, 0.05) is 16.0 Å². The van der Waals surface area contributed by atoms with Gasteiger partial charge in [0.25, 0.3) is 0 Å². The number of nitriles is 1. The van der Waals surface area contributed by atoms with Crippen LogP contribution in [0.2, 0.25) is 0 Å². The fourth-order valence-corrected chi connectivity index (χ4v) is 7.32. The number of thioether (sulfide) groups is 1. The van der Waals surface area contributed by atoms with Gasteiger partial charge in [-0.2, -0.15) is 5.26 Å². The molecule has 0 atom stereocenters. The van der Waals surface area contributed by atoms with Crippen LogP contribution in [0.25, 0.3) is 0 Å². The van der Waals surface area contributed by atoms with E-state index in [9.17, 15) is 14.9 Å². The number of rotatable bonds is 7. The molecule has 4 bridgehead atoms. The van der Waals surface area contributed by atoms with Crippen molar-refractivity contribution in [3.63, 3.8) is 0 Å². The molecule has 6 heteroatoms. The molecule has 2 aromatic rings. The quantitative estimate of drug-likeness (QED) is 0.460. The summed E-state index contributed by atoms with van der Waals surface area (Å²) in [4.78, 5) is 26.4. The van der Waals surface area contributed by atoms with E-state index in [0.29, 0.717) is 16.7 Å². The molecule has 5 nitrogen and oxygen atoms in total. The predicted octanol–water partition coefficient (Wildman–Crippen LogP) is 5.09. The van der Waals surface area contributed by atoms with Gasteiger partial charge in [-0.25, -0.2) is 4.79 Å². The summed E-state index contributed by atoms with van der Waals surface area (Å²) in [6.07, 6.45) is 7.42. The van der Waals surface area contributed by atoms with E-state index >= 15 is 0 Å². The second-order valence-electron chi connectivity index (χ2n) is 9.88. The standard InChI is InChI=1S/C27H28N2O3S/c28-15-21-5-1-2-6-22(21)16-32-26(31)23-7-3-4-8-24(23)33-17-25(30)29-27-12-18-9-19(13-27)11-20(10-18)14-27/h1-8,18-20H,9-14,16-17H2,(H,29,30). The normalized spacial score (nSPS) is 27.1. The summed E-state index contributed by atoms with van der Waals surface area (Å²) in [6.45, 7) is 0.0358. The highest BCUT2D eigenvalue weighted by atomic mass is 32.2. The first-order valence-electron chi connectivity index (χ1n) is 11.7. The number of hydrogen-bond donors (Lipinski definition) is 1. The lowest BCUT2D eigenvalue weighted by molar-refractivity contribution is -0.124. The first-order chi connectivity index (χ1) is 16.0. The summed E-state index contributed by atoms with van der Waals surface area (Å²) < 4.78 is 5.49. The molecule has 4 saturated carbocycles. The molecule has 0 saturated heterocycles. The summed E-state index contributed by atoms with van der Waals surface area (Å²) in [6, 6.07) is 16.4. The fourth-order valence-electron chi connectivity index (χ4n) is 6.48. The van der Waals surface area contributed by atoms with Crippen molar-refractivity contribution in [2.24, 2.45) is 17.8 Å². The highest BCUT2D eigenvalue weighted by Crippen LogP contribution is 2.55. The van der Waals surface area contributed by atoms with Gasteiger partial charge in [-0.15, -0.1) is 11.8 Å². The van der Waals surface area contributed by atoms with Gasteiger partial charge in [0.05, 0.1) is 22.9 Å². The van der Waals surface area contributed by atoms with Crippen molar-refractivity contribution in [1.82, 2.24) is 5.32 Å². The molecule has 0 unspecified atom stereocenters. The van der Waals surface area contributed by atoms with Crippen LogP contribution in [-0.4, -0.2) is 23.2 Å². The van der Waals surface area contributed by atoms with Crippen molar-refractivity contribution in [1.29, 1.82) is 5.26 Å². The van der Waals surface area contributed by atoms with E-state index in [1.807, 2.05) is 18.2 Å². The van der Waals surface area contributed by atoms with E-state index in [1.165, 1.54) is 31.0 Å². The van der Waals surface area contributed by atoms with E-state index in [0.717, 1.165) is 41.9 Å². The van der Waals surface area contributed by atoms with E-state index in [4.69, 9.17) is 4.74 Å². The number of esters is 1. The van der Waals surface area contributed by atoms with Crippen LogP contribution in [0.15, 0.2) is 53.4 Å². The maximum atomic E-state index is 12.9. The Balaban J connectivity index is 1.19. The SMILES string of the molecule is N#Cc1ccccc1COC(=O)c1ccccc1SCC(=O)NC12CC3CC(CC(C3)C1)C2. The average Bonchev–Trinajstić information content (AvgIpc) is 2.80. The molecule has 0 spiro atoms. The molecule has 4 fully saturated rings. The average molecular weight is 461 g/mol. The Morgan fingerprint density at radius 3 is 2.33 bits per heavy atom. The summed E-state index contributed by atoms with van der Waals surface area (Å²) in [5.74, 6) is 2.23. The van der Waals surface area contributed by atoms with Crippen molar-refractivity contribution >= 4 is 23.6 Å². The summed E-state index contributed by atoms with van der Waals surface area (Å²) in [5.41, 5.74) is 1.61. The van der Waals surface area contributed by atoms with Crippen LogP contribution in [-0.2, 0) is 16.1 Å². The number of carbonyl (C=O) groups excluding carboxylic acids is 2. The number of benzene rings is 2. The third-order valence-corrected chi connectivity index (χ3v) is 8.48. The monoisotopic (exact) mass is 460 g/mol. The molecule has 33 heavy (non-hydrogen) atoms. The minimum absolute atomic E-state index is 0.00102. The van der Waals surface area contributed by atoms with Gasteiger partial charge < -0.3 is 10.1 Å². The summed E-state index contributed by atoms with van der Waals surface area (Å²) >= 11 is 1.38. The third kappa shape index (κ3) is 4.79. The highest BCUT2D eigenvalue weighted by Gasteiger charge is 2.51. The van der Waals surface area contributed by atoms with Crippen molar-refractivity contribution in [3.05, 3.63) is 65.2 Å². The maximum absolute atomic E-state index is 12.9. The molecule has 170 valence electrons. The molecule has 6 rings (SSSR count). The van der Waals surface area contributed by atoms with E-state index in [-0.39, 0.29) is 23.8 Å². The topological polar surface area (TPSA) is 79.2 Å². The van der Waals surface area contributed by atoms with E-state index in [1.54, 1.807) is 30.3 Å². The van der Waals surface area contributed by atoms with Gasteiger partial charge in [0.2, 0.25) is 5.91 Å². The van der Waals surface area contributed by atoms with Crippen LogP contribution in [0.4, 0.5) is 0 Å². The second-order valence-corrected chi connectivity index (χ2v) is 10.9. The van der Waals surface area contributed by atoms with Gasteiger partial charge in [0.1, 0.15) is 6.61 Å². The lowest BCUT2D eigenvalue weighted by Crippen LogP contribution is -2.60. The Kier molecular flexibility index (Phi) is 6.16. The third-order valence-electron chi connectivity index (χ3n) is 7.41. The van der Waals surface area contributed by atoms with Crippen LogP contribution >= 0.6 is 11.8 Å². The van der Waals surface area contributed by atoms with Gasteiger partial charge in [-0.05, 0) is 74.5 Å². The van der Waals surface area contributed by atoms with Crippen molar-refractivity contribution in [2.45, 2.75) is 55.6 Å². The van der Waals surface area contributed by atoms with Crippen LogP contribution in [0.1, 0.15) is 60.0 Å². The largest absolute Gasteiger partial charge is 0.457 e. The fraction of sp³-hybridized carbons (Fsp3) is 0.444. The lowest BCUT2D eigenvalue weighted by atomic mass is 9.53. The highest BCUT2D eigenvalue weighted by molar-refractivity contribution is 8.00. The molecule has 0 radical (unpaired) electrons. The molecule has 0 aliphatic heterocycles. The minimum atomic E-state index is -0.452. The van der Waals surface area contributed by atoms with Crippen LogP contribution in [0.5, 0.6) is 0 Å². The van der Waals surface area contributed by atoms with E-state index < -0.39 is 5.97 Å². The van der Waals surface area contributed by atoms with Crippen molar-refractivity contribution in [3.8, 4) is 6.07 Å². The number of amides is 1. The van der Waals surface area contributed by atoms with Crippen LogP contribution < -0.4 is 5.32 Å². The first kappa shape index (κ1) is 22.0.